The minimum atomic E-state index is -0.444. The molecule has 5 nitrogen and oxygen atoms in total. The summed E-state index contributed by atoms with van der Waals surface area (Å²) in [4.78, 5) is 24.8. The first kappa shape index (κ1) is 16.3. The molecule has 0 amide bonds. The number of allylic oxidation sites excluding steroid dienone is 1. The van der Waals surface area contributed by atoms with Gasteiger partial charge < -0.3 is 14.2 Å². The van der Waals surface area contributed by atoms with E-state index in [1.165, 1.54) is 11.3 Å². The van der Waals surface area contributed by atoms with Gasteiger partial charge >= 0.3 is 5.97 Å². The molecule has 124 valence electrons. The molecule has 0 fully saturated rings. The lowest BCUT2D eigenvalue weighted by Crippen LogP contribution is -2.18. The Morgan fingerprint density at radius 1 is 1.33 bits per heavy atom. The molecule has 3 rings (SSSR count). The molecule has 1 aromatic carbocycles. The number of carbonyl (C=O) groups is 2. The van der Waals surface area contributed by atoms with Gasteiger partial charge in [0.1, 0.15) is 11.5 Å². The molecule has 2 heterocycles. The predicted molar refractivity (Wildman–Crippen MR) is 90.4 cm³/mol. The van der Waals surface area contributed by atoms with Crippen LogP contribution < -0.4 is 9.47 Å². The summed E-state index contributed by atoms with van der Waals surface area (Å²) in [5, 5.41) is 1.93. The molecule has 0 saturated heterocycles. The topological polar surface area (TPSA) is 61.8 Å². The van der Waals surface area contributed by atoms with Crippen molar-refractivity contribution in [2.45, 2.75) is 20.0 Å². The second-order valence-electron chi connectivity index (χ2n) is 5.44. The van der Waals surface area contributed by atoms with Crippen molar-refractivity contribution in [3.05, 3.63) is 51.9 Å². The van der Waals surface area contributed by atoms with Crippen LogP contribution >= 0.6 is 11.3 Å². The highest BCUT2D eigenvalue weighted by Crippen LogP contribution is 2.35. The molecule has 0 radical (unpaired) electrons. The van der Waals surface area contributed by atoms with Crippen LogP contribution in [0.5, 0.6) is 11.5 Å². The van der Waals surface area contributed by atoms with Crippen molar-refractivity contribution in [1.29, 1.82) is 0 Å². The maximum Gasteiger partial charge on any atom is 0.344 e. The summed E-state index contributed by atoms with van der Waals surface area (Å²) in [5.74, 6) is 0.547. The van der Waals surface area contributed by atoms with Crippen molar-refractivity contribution < 1.29 is 23.8 Å². The molecule has 0 N–H and O–H groups in total. The Bertz CT molecular complexity index is 790. The molecule has 2 aromatic rings. The molecule has 0 atom stereocenters. The van der Waals surface area contributed by atoms with Gasteiger partial charge in [0, 0.05) is 17.0 Å². The Hall–Kier alpha value is -2.60. The van der Waals surface area contributed by atoms with Crippen molar-refractivity contribution in [3.8, 4) is 11.5 Å². The van der Waals surface area contributed by atoms with Crippen molar-refractivity contribution in [2.75, 3.05) is 6.61 Å². The summed E-state index contributed by atoms with van der Waals surface area (Å²) in [6, 6.07) is 8.69. The van der Waals surface area contributed by atoms with E-state index in [9.17, 15) is 9.59 Å². The standard InChI is InChI=1S/C18H16O5S/c1-11(2)22-17(19)10-21-12-5-6-14-15(8-12)23-16(18(14)20)9-13-4-3-7-24-13/h3-9,11H,10H2,1-2H3. The number of rotatable bonds is 5. The normalized spacial score (nSPS) is 14.6. The Morgan fingerprint density at radius 3 is 2.88 bits per heavy atom. The van der Waals surface area contributed by atoms with Crippen LogP contribution in [-0.2, 0) is 9.53 Å². The van der Waals surface area contributed by atoms with Gasteiger partial charge in [-0.15, -0.1) is 11.3 Å². The zero-order chi connectivity index (χ0) is 17.1. The van der Waals surface area contributed by atoms with Gasteiger partial charge in [0.05, 0.1) is 11.7 Å². The monoisotopic (exact) mass is 344 g/mol. The molecule has 0 saturated carbocycles. The highest BCUT2D eigenvalue weighted by Gasteiger charge is 2.27. The fourth-order valence-corrected chi connectivity index (χ4v) is 2.85. The largest absolute Gasteiger partial charge is 0.482 e. The van der Waals surface area contributed by atoms with Gasteiger partial charge in [0.15, 0.2) is 12.4 Å². The molecular weight excluding hydrogens is 328 g/mol. The first-order valence-electron chi connectivity index (χ1n) is 7.47. The lowest BCUT2D eigenvalue weighted by atomic mass is 10.1. The first-order chi connectivity index (χ1) is 11.5. The lowest BCUT2D eigenvalue weighted by Gasteiger charge is -2.09. The van der Waals surface area contributed by atoms with Crippen LogP contribution in [0.1, 0.15) is 29.1 Å². The molecule has 0 bridgehead atoms. The van der Waals surface area contributed by atoms with Crippen LogP contribution in [0.25, 0.3) is 6.08 Å². The van der Waals surface area contributed by atoms with E-state index in [-0.39, 0.29) is 24.3 Å². The molecule has 24 heavy (non-hydrogen) atoms. The molecule has 0 spiro atoms. The van der Waals surface area contributed by atoms with Crippen molar-refractivity contribution in [3.63, 3.8) is 0 Å². The van der Waals surface area contributed by atoms with Gasteiger partial charge in [-0.2, -0.15) is 0 Å². The fraction of sp³-hybridized carbons (Fsp3) is 0.222. The van der Waals surface area contributed by atoms with Crippen LogP contribution in [0.3, 0.4) is 0 Å². The molecular formula is C18H16O5S. The van der Waals surface area contributed by atoms with Crippen molar-refractivity contribution >= 4 is 29.2 Å². The van der Waals surface area contributed by atoms with Gasteiger partial charge in [-0.1, -0.05) is 6.07 Å². The van der Waals surface area contributed by atoms with Gasteiger partial charge in [-0.05, 0) is 37.4 Å². The molecule has 6 heteroatoms. The zero-order valence-electron chi connectivity index (χ0n) is 13.3. The number of benzene rings is 1. The quantitative estimate of drug-likeness (QED) is 0.611. The van der Waals surface area contributed by atoms with E-state index < -0.39 is 5.97 Å². The lowest BCUT2D eigenvalue weighted by molar-refractivity contribution is -0.149. The number of fused-ring (bicyclic) bond motifs is 1. The number of Topliss-reactive ketones (excluding diaryl/α,β-unsaturated/α-hetero) is 1. The van der Waals surface area contributed by atoms with E-state index in [1.807, 2.05) is 17.5 Å². The minimum Gasteiger partial charge on any atom is -0.482 e. The summed E-state index contributed by atoms with van der Waals surface area (Å²) in [5.41, 5.74) is 0.481. The first-order valence-corrected chi connectivity index (χ1v) is 8.35. The number of ketones is 1. The third kappa shape index (κ3) is 3.65. The highest BCUT2D eigenvalue weighted by molar-refractivity contribution is 7.10. The number of thiophene rings is 1. The van der Waals surface area contributed by atoms with Crippen molar-refractivity contribution in [2.24, 2.45) is 0 Å². The summed E-state index contributed by atoms with van der Waals surface area (Å²) >= 11 is 1.53. The Kier molecular flexibility index (Phi) is 4.66. The van der Waals surface area contributed by atoms with Gasteiger partial charge in [-0.25, -0.2) is 4.79 Å². The van der Waals surface area contributed by atoms with E-state index in [0.29, 0.717) is 17.1 Å². The number of ether oxygens (including phenoxy) is 3. The summed E-state index contributed by atoms with van der Waals surface area (Å²) < 4.78 is 16.0. The van der Waals surface area contributed by atoms with Crippen LogP contribution in [0, 0.1) is 0 Å². The average Bonchev–Trinajstić information content (AvgIpc) is 3.14. The number of esters is 1. The number of hydrogen-bond acceptors (Lipinski definition) is 6. The van der Waals surface area contributed by atoms with Gasteiger partial charge in [0.2, 0.25) is 5.78 Å². The Labute approximate surface area is 143 Å². The summed E-state index contributed by atoms with van der Waals surface area (Å²) in [6.07, 6.45) is 1.53. The zero-order valence-corrected chi connectivity index (χ0v) is 14.1. The molecule has 1 aliphatic rings. The van der Waals surface area contributed by atoms with Crippen molar-refractivity contribution in [1.82, 2.24) is 0 Å². The molecule has 1 aliphatic heterocycles. The van der Waals surface area contributed by atoms with Crippen LogP contribution in [0.15, 0.2) is 41.5 Å². The third-order valence-electron chi connectivity index (χ3n) is 3.18. The minimum absolute atomic E-state index is 0.163. The SMILES string of the molecule is CC(C)OC(=O)COc1ccc2c(c1)OC(=Cc1cccs1)C2=O. The maximum atomic E-state index is 12.3. The number of hydrogen-bond donors (Lipinski definition) is 0. The Balaban J connectivity index is 1.70. The van der Waals surface area contributed by atoms with Gasteiger partial charge in [-0.3, -0.25) is 4.79 Å². The van der Waals surface area contributed by atoms with Gasteiger partial charge in [0.25, 0.3) is 0 Å². The van der Waals surface area contributed by atoms with E-state index in [2.05, 4.69) is 0 Å². The van der Waals surface area contributed by atoms with E-state index in [1.54, 1.807) is 38.1 Å². The molecule has 0 aliphatic carbocycles. The third-order valence-corrected chi connectivity index (χ3v) is 4.00. The summed E-state index contributed by atoms with van der Waals surface area (Å²) in [6.45, 7) is 3.35. The fourth-order valence-electron chi connectivity index (χ4n) is 2.20. The van der Waals surface area contributed by atoms with Crippen LogP contribution in [0.2, 0.25) is 0 Å². The second kappa shape index (κ2) is 6.88. The van der Waals surface area contributed by atoms with Crippen LogP contribution in [-0.4, -0.2) is 24.5 Å². The van der Waals surface area contributed by atoms with Crippen LogP contribution in [0.4, 0.5) is 0 Å². The highest BCUT2D eigenvalue weighted by atomic mass is 32.1. The molecule has 1 aromatic heterocycles. The Morgan fingerprint density at radius 2 is 2.17 bits per heavy atom. The molecule has 0 unspecified atom stereocenters. The maximum absolute atomic E-state index is 12.3. The number of carbonyl (C=O) groups excluding carboxylic acids is 2. The van der Waals surface area contributed by atoms with E-state index in [4.69, 9.17) is 14.2 Å². The van der Waals surface area contributed by atoms with E-state index in [0.717, 1.165) is 4.88 Å². The predicted octanol–water partition coefficient (Wildman–Crippen LogP) is 3.69. The summed E-state index contributed by atoms with van der Waals surface area (Å²) in [7, 11) is 0. The average molecular weight is 344 g/mol. The second-order valence-corrected chi connectivity index (χ2v) is 6.42. The van der Waals surface area contributed by atoms with E-state index >= 15 is 0 Å². The smallest absolute Gasteiger partial charge is 0.344 e.